The SMILES string of the molecule is Cc1nc2ccc(Oc3ccc4ncc(-c5cnn(CC6CC(F)(F)C6)c5)nc4c3C3=CCN(C(=O)OC(C)(C)C)C3)cc2[nH]1. The Kier molecular flexibility index (Phi) is 6.83. The minimum Gasteiger partial charge on any atom is -0.457 e. The van der Waals surface area contributed by atoms with Gasteiger partial charge in [0, 0.05) is 55.9 Å². The number of imidazole rings is 1. The maximum Gasteiger partial charge on any atom is 0.410 e. The Morgan fingerprint density at radius 1 is 1.11 bits per heavy atom. The molecule has 0 spiro atoms. The fraction of sp³-hybridized carbons (Fsp3) is 0.364. The number of hydrogen-bond acceptors (Lipinski definition) is 7. The van der Waals surface area contributed by atoms with Gasteiger partial charge in [-0.15, -0.1) is 0 Å². The minimum absolute atomic E-state index is 0.103. The summed E-state index contributed by atoms with van der Waals surface area (Å²) in [5.41, 5.74) is 5.22. The summed E-state index contributed by atoms with van der Waals surface area (Å²) in [6, 6.07) is 9.37. The minimum atomic E-state index is -2.57. The van der Waals surface area contributed by atoms with Crippen molar-refractivity contribution < 1.29 is 23.0 Å². The van der Waals surface area contributed by atoms with Gasteiger partial charge in [-0.05, 0) is 63.5 Å². The molecule has 10 nitrogen and oxygen atoms in total. The van der Waals surface area contributed by atoms with Crippen LogP contribution in [0.1, 0.15) is 45.0 Å². The van der Waals surface area contributed by atoms with Gasteiger partial charge < -0.3 is 19.4 Å². The van der Waals surface area contributed by atoms with Crippen LogP contribution in [0.3, 0.4) is 0 Å². The van der Waals surface area contributed by atoms with Crippen LogP contribution in [0.5, 0.6) is 11.5 Å². The molecule has 0 unspecified atom stereocenters. The summed E-state index contributed by atoms with van der Waals surface area (Å²) in [4.78, 5) is 32.0. The smallest absolute Gasteiger partial charge is 0.410 e. The second kappa shape index (κ2) is 10.6. The Bertz CT molecular complexity index is 1970. The summed E-state index contributed by atoms with van der Waals surface area (Å²) in [6.07, 6.45) is 6.50. The molecule has 4 heterocycles. The lowest BCUT2D eigenvalue weighted by atomic mass is 9.81. The third kappa shape index (κ3) is 5.96. The zero-order chi connectivity index (χ0) is 31.5. The van der Waals surface area contributed by atoms with Crippen molar-refractivity contribution in [2.45, 2.75) is 58.6 Å². The molecule has 3 aromatic heterocycles. The lowest BCUT2D eigenvalue weighted by Gasteiger charge is -2.34. The predicted octanol–water partition coefficient (Wildman–Crippen LogP) is 7.15. The zero-order valence-electron chi connectivity index (χ0n) is 25.5. The van der Waals surface area contributed by atoms with Crippen molar-refractivity contribution in [3.05, 3.63) is 66.4 Å². The van der Waals surface area contributed by atoms with Crippen LogP contribution >= 0.6 is 0 Å². The van der Waals surface area contributed by atoms with Gasteiger partial charge in [0.25, 0.3) is 0 Å². The fourth-order valence-electron chi connectivity index (χ4n) is 5.88. The number of alkyl halides is 2. The normalized spacial score (nSPS) is 16.7. The number of nitrogens with zero attached hydrogens (tertiary/aromatic N) is 6. The first-order valence-electron chi connectivity index (χ1n) is 14.9. The van der Waals surface area contributed by atoms with E-state index in [-0.39, 0.29) is 18.8 Å². The number of carbonyl (C=O) groups excluding carboxylic acids is 1. The van der Waals surface area contributed by atoms with E-state index in [1.54, 1.807) is 22.0 Å². The molecule has 7 rings (SSSR count). The van der Waals surface area contributed by atoms with E-state index in [2.05, 4.69) is 15.1 Å². The quantitative estimate of drug-likeness (QED) is 0.217. The molecule has 0 atom stereocenters. The number of aromatic nitrogens is 6. The van der Waals surface area contributed by atoms with Crippen LogP contribution in [0.2, 0.25) is 0 Å². The Morgan fingerprint density at radius 2 is 1.91 bits per heavy atom. The lowest BCUT2D eigenvalue weighted by molar-refractivity contribution is -0.114. The van der Waals surface area contributed by atoms with E-state index in [0.29, 0.717) is 47.9 Å². The van der Waals surface area contributed by atoms with Crippen LogP contribution in [0.4, 0.5) is 13.6 Å². The first kappa shape index (κ1) is 28.9. The van der Waals surface area contributed by atoms with Gasteiger partial charge in [-0.1, -0.05) is 6.08 Å². The number of aromatic amines is 1. The summed E-state index contributed by atoms with van der Waals surface area (Å²) in [7, 11) is 0. The van der Waals surface area contributed by atoms with Gasteiger partial charge in [-0.2, -0.15) is 5.10 Å². The first-order valence-corrected chi connectivity index (χ1v) is 14.9. The average molecular weight is 614 g/mol. The van der Waals surface area contributed by atoms with E-state index in [1.807, 2.05) is 70.3 Å². The van der Waals surface area contributed by atoms with Gasteiger partial charge in [0.15, 0.2) is 0 Å². The summed E-state index contributed by atoms with van der Waals surface area (Å²) < 4.78 is 40.5. The summed E-state index contributed by atoms with van der Waals surface area (Å²) in [5, 5.41) is 4.40. The number of benzene rings is 2. The molecule has 1 aliphatic heterocycles. The summed E-state index contributed by atoms with van der Waals surface area (Å²) in [5.74, 6) is -0.695. The number of fused-ring (bicyclic) bond motifs is 2. The molecule has 1 saturated carbocycles. The van der Waals surface area contributed by atoms with E-state index < -0.39 is 17.6 Å². The van der Waals surface area contributed by atoms with Crippen molar-refractivity contribution in [1.82, 2.24) is 34.6 Å². The highest BCUT2D eigenvalue weighted by molar-refractivity contribution is 5.95. The van der Waals surface area contributed by atoms with Crippen LogP contribution in [-0.4, -0.2) is 65.3 Å². The van der Waals surface area contributed by atoms with Crippen molar-refractivity contribution >= 4 is 33.7 Å². The van der Waals surface area contributed by atoms with E-state index in [0.717, 1.165) is 33.6 Å². The molecule has 232 valence electrons. The van der Waals surface area contributed by atoms with Crippen LogP contribution < -0.4 is 4.74 Å². The predicted molar refractivity (Wildman–Crippen MR) is 165 cm³/mol. The summed E-state index contributed by atoms with van der Waals surface area (Å²) in [6.45, 7) is 8.52. The van der Waals surface area contributed by atoms with Crippen molar-refractivity contribution in [2.75, 3.05) is 13.1 Å². The second-order valence-corrected chi connectivity index (χ2v) is 12.8. The molecular weight excluding hydrogens is 580 g/mol. The first-order chi connectivity index (χ1) is 21.4. The van der Waals surface area contributed by atoms with E-state index in [1.165, 1.54) is 0 Å². The van der Waals surface area contributed by atoms with Gasteiger partial charge in [-0.3, -0.25) is 9.67 Å². The molecule has 1 amide bonds. The Labute approximate surface area is 258 Å². The molecule has 2 aliphatic rings. The molecule has 5 aromatic rings. The average Bonchev–Trinajstić information content (AvgIpc) is 3.70. The number of aryl methyl sites for hydroxylation is 1. The lowest BCUT2D eigenvalue weighted by Crippen LogP contribution is -2.37. The Hall–Kier alpha value is -4.87. The second-order valence-electron chi connectivity index (χ2n) is 12.8. The molecule has 0 saturated heterocycles. The number of carbonyl (C=O) groups is 1. The third-order valence-electron chi connectivity index (χ3n) is 7.92. The Balaban J connectivity index is 1.25. The summed E-state index contributed by atoms with van der Waals surface area (Å²) >= 11 is 0. The largest absolute Gasteiger partial charge is 0.457 e. The number of nitrogens with one attached hydrogen (secondary N) is 1. The zero-order valence-corrected chi connectivity index (χ0v) is 25.5. The number of hydrogen-bond donors (Lipinski definition) is 1. The van der Waals surface area contributed by atoms with Crippen molar-refractivity contribution in [3.8, 4) is 22.8 Å². The van der Waals surface area contributed by atoms with Crippen molar-refractivity contribution in [2.24, 2.45) is 5.92 Å². The molecular formula is C33H33F2N7O3. The molecule has 2 aromatic carbocycles. The van der Waals surface area contributed by atoms with Crippen molar-refractivity contribution in [3.63, 3.8) is 0 Å². The highest BCUT2D eigenvalue weighted by atomic mass is 19.3. The van der Waals surface area contributed by atoms with Crippen molar-refractivity contribution in [1.29, 1.82) is 0 Å². The Morgan fingerprint density at radius 3 is 2.69 bits per heavy atom. The van der Waals surface area contributed by atoms with Gasteiger partial charge in [0.1, 0.15) is 28.4 Å². The number of halogens is 2. The van der Waals surface area contributed by atoms with Gasteiger partial charge in [0.05, 0.1) is 34.6 Å². The van der Waals surface area contributed by atoms with E-state index in [9.17, 15) is 13.6 Å². The van der Waals surface area contributed by atoms with Crippen LogP contribution in [0.15, 0.2) is 55.0 Å². The van der Waals surface area contributed by atoms with E-state index in [4.69, 9.17) is 19.4 Å². The monoisotopic (exact) mass is 613 g/mol. The highest BCUT2D eigenvalue weighted by Crippen LogP contribution is 2.43. The number of rotatable bonds is 6. The molecule has 1 N–H and O–H groups in total. The van der Waals surface area contributed by atoms with E-state index >= 15 is 0 Å². The third-order valence-corrected chi connectivity index (χ3v) is 7.92. The molecule has 45 heavy (non-hydrogen) atoms. The van der Waals surface area contributed by atoms with Gasteiger partial charge >= 0.3 is 6.09 Å². The number of H-pyrrole nitrogens is 1. The number of ether oxygens (including phenoxy) is 2. The molecule has 1 fully saturated rings. The maximum atomic E-state index is 13.4. The number of amides is 1. The molecule has 0 radical (unpaired) electrons. The highest BCUT2D eigenvalue weighted by Gasteiger charge is 2.45. The fourth-order valence-corrected chi connectivity index (χ4v) is 5.88. The van der Waals surface area contributed by atoms with Crippen LogP contribution in [0.25, 0.3) is 38.9 Å². The van der Waals surface area contributed by atoms with Crippen LogP contribution in [-0.2, 0) is 11.3 Å². The van der Waals surface area contributed by atoms with Crippen LogP contribution in [0, 0.1) is 12.8 Å². The maximum absolute atomic E-state index is 13.4. The van der Waals surface area contributed by atoms with Gasteiger partial charge in [-0.25, -0.2) is 23.5 Å². The van der Waals surface area contributed by atoms with Gasteiger partial charge in [0.2, 0.25) is 5.92 Å². The molecule has 12 heteroatoms. The molecule has 0 bridgehead atoms. The standard InChI is InChI=1S/C33H33F2N7O3/c1-19-38-24-6-5-23(11-26(24)39-19)44-28-8-7-25-30(29(28)21-9-10-41(17-21)31(43)45-32(2,3)4)40-27(15-36-25)22-14-37-42(18-22)16-20-12-33(34,35)13-20/h5-9,11,14-15,18,20H,10,12-13,16-17H2,1-4H3,(H,38,39). The topological polar surface area (TPSA) is 111 Å². The molecule has 1 aliphatic carbocycles.